The van der Waals surface area contributed by atoms with Crippen molar-refractivity contribution in [3.8, 4) is 11.3 Å². The summed E-state index contributed by atoms with van der Waals surface area (Å²) in [5.41, 5.74) is 1.56. The van der Waals surface area contributed by atoms with Gasteiger partial charge in [-0.15, -0.1) is 10.2 Å². The number of nitrogens with one attached hydrogen (secondary N) is 1. The molecule has 2 aromatic heterocycles. The summed E-state index contributed by atoms with van der Waals surface area (Å²) >= 11 is 0. The third kappa shape index (κ3) is 3.27. The number of hydrogen-bond donors (Lipinski definition) is 1. The summed E-state index contributed by atoms with van der Waals surface area (Å²) in [6, 6.07) is 11.4. The molecule has 3 aromatic rings. The van der Waals surface area contributed by atoms with Gasteiger partial charge in [0.1, 0.15) is 12.1 Å². The highest BCUT2D eigenvalue weighted by Gasteiger charge is 2.23. The largest absolute Gasteiger partial charge is 0.464 e. The van der Waals surface area contributed by atoms with E-state index in [1.54, 1.807) is 12.6 Å². The van der Waals surface area contributed by atoms with E-state index in [0.717, 1.165) is 30.0 Å². The SMILES string of the molecule is C[C@@H](NC(=O)c1ccc(-c2ccco2)cc1)c1nncn1C1CCCC1. The maximum absolute atomic E-state index is 12.6. The first-order chi connectivity index (χ1) is 12.7. The summed E-state index contributed by atoms with van der Waals surface area (Å²) in [6.07, 6.45) is 8.21. The molecule has 1 saturated carbocycles. The lowest BCUT2D eigenvalue weighted by Gasteiger charge is -2.18. The molecule has 1 amide bonds. The molecule has 0 bridgehead atoms. The second-order valence-corrected chi connectivity index (χ2v) is 6.78. The van der Waals surface area contributed by atoms with E-state index in [4.69, 9.17) is 4.42 Å². The Morgan fingerprint density at radius 1 is 1.23 bits per heavy atom. The molecule has 2 heterocycles. The van der Waals surface area contributed by atoms with Gasteiger partial charge >= 0.3 is 0 Å². The summed E-state index contributed by atoms with van der Waals surface area (Å²) in [7, 11) is 0. The van der Waals surface area contributed by atoms with E-state index in [-0.39, 0.29) is 11.9 Å². The third-order valence-electron chi connectivity index (χ3n) is 5.01. The summed E-state index contributed by atoms with van der Waals surface area (Å²) in [6.45, 7) is 1.95. The van der Waals surface area contributed by atoms with Crippen LogP contribution in [0.5, 0.6) is 0 Å². The van der Waals surface area contributed by atoms with Gasteiger partial charge in [-0.05, 0) is 44.0 Å². The Kier molecular flexibility index (Phi) is 4.56. The van der Waals surface area contributed by atoms with Crippen LogP contribution in [0, 0.1) is 0 Å². The highest BCUT2D eigenvalue weighted by Crippen LogP contribution is 2.31. The average Bonchev–Trinajstić information content (AvgIpc) is 3.43. The average molecular weight is 350 g/mol. The van der Waals surface area contributed by atoms with Crippen LogP contribution in [0.15, 0.2) is 53.4 Å². The maximum Gasteiger partial charge on any atom is 0.251 e. The Bertz CT molecular complexity index is 862. The molecule has 0 radical (unpaired) electrons. The predicted octanol–water partition coefficient (Wildman–Crippen LogP) is 4.14. The summed E-state index contributed by atoms with van der Waals surface area (Å²) in [4.78, 5) is 12.6. The van der Waals surface area contributed by atoms with Gasteiger partial charge in [0, 0.05) is 17.2 Å². The van der Waals surface area contributed by atoms with E-state index in [1.807, 2.05) is 43.3 Å². The lowest BCUT2D eigenvalue weighted by molar-refractivity contribution is 0.0937. The minimum Gasteiger partial charge on any atom is -0.464 e. The fraction of sp³-hybridized carbons (Fsp3) is 0.350. The summed E-state index contributed by atoms with van der Waals surface area (Å²) in [5.74, 6) is 1.48. The molecule has 6 nitrogen and oxygen atoms in total. The normalized spacial score (nSPS) is 15.9. The molecule has 0 unspecified atom stereocenters. The molecule has 1 aliphatic rings. The van der Waals surface area contributed by atoms with Crippen molar-refractivity contribution < 1.29 is 9.21 Å². The first kappa shape index (κ1) is 16.6. The fourth-order valence-corrected chi connectivity index (χ4v) is 3.60. The van der Waals surface area contributed by atoms with Crippen molar-refractivity contribution in [2.75, 3.05) is 0 Å². The molecule has 4 rings (SSSR count). The number of aromatic nitrogens is 3. The van der Waals surface area contributed by atoms with E-state index < -0.39 is 0 Å². The van der Waals surface area contributed by atoms with Crippen LogP contribution in [0.25, 0.3) is 11.3 Å². The van der Waals surface area contributed by atoms with Crippen LogP contribution in [-0.4, -0.2) is 20.7 Å². The van der Waals surface area contributed by atoms with Crippen LogP contribution in [0.1, 0.15) is 60.9 Å². The van der Waals surface area contributed by atoms with E-state index >= 15 is 0 Å². The Morgan fingerprint density at radius 2 is 2.00 bits per heavy atom. The fourth-order valence-electron chi connectivity index (χ4n) is 3.60. The standard InChI is InChI=1S/C20H22N4O2/c1-14(19-23-21-13-24(19)17-5-2-3-6-17)22-20(25)16-10-8-15(9-11-16)18-7-4-12-26-18/h4,7-14,17H,2-3,5-6H2,1H3,(H,22,25)/t14-/m1/s1. The van der Waals surface area contributed by atoms with Gasteiger partial charge in [-0.25, -0.2) is 0 Å². The van der Waals surface area contributed by atoms with Crippen LogP contribution in [-0.2, 0) is 0 Å². The van der Waals surface area contributed by atoms with Gasteiger partial charge in [0.2, 0.25) is 0 Å². The number of benzene rings is 1. The van der Waals surface area contributed by atoms with E-state index in [0.29, 0.717) is 11.6 Å². The number of carbonyl (C=O) groups is 1. The van der Waals surface area contributed by atoms with Crippen molar-refractivity contribution in [2.24, 2.45) is 0 Å². The number of hydrogen-bond acceptors (Lipinski definition) is 4. The van der Waals surface area contributed by atoms with Crippen molar-refractivity contribution in [3.63, 3.8) is 0 Å². The molecule has 0 spiro atoms. The van der Waals surface area contributed by atoms with Gasteiger partial charge in [-0.2, -0.15) is 0 Å². The molecule has 1 N–H and O–H groups in total. The van der Waals surface area contributed by atoms with Crippen LogP contribution in [0.2, 0.25) is 0 Å². The topological polar surface area (TPSA) is 73.0 Å². The minimum atomic E-state index is -0.199. The first-order valence-electron chi connectivity index (χ1n) is 9.06. The molecule has 1 fully saturated rings. The number of amides is 1. The molecular formula is C20H22N4O2. The number of furan rings is 1. The molecule has 0 aliphatic heterocycles. The Labute approximate surface area is 152 Å². The zero-order valence-electron chi connectivity index (χ0n) is 14.8. The first-order valence-corrected chi connectivity index (χ1v) is 9.06. The lowest BCUT2D eigenvalue weighted by atomic mass is 10.1. The summed E-state index contributed by atoms with van der Waals surface area (Å²) < 4.78 is 7.50. The quantitative estimate of drug-likeness (QED) is 0.750. The van der Waals surface area contributed by atoms with E-state index in [9.17, 15) is 4.79 Å². The van der Waals surface area contributed by atoms with Gasteiger partial charge in [0.05, 0.1) is 12.3 Å². The predicted molar refractivity (Wildman–Crippen MR) is 97.6 cm³/mol. The van der Waals surface area contributed by atoms with Gasteiger partial charge in [0.25, 0.3) is 5.91 Å². The molecule has 26 heavy (non-hydrogen) atoms. The second kappa shape index (κ2) is 7.15. The Morgan fingerprint density at radius 3 is 2.69 bits per heavy atom. The van der Waals surface area contributed by atoms with Crippen LogP contribution < -0.4 is 5.32 Å². The zero-order valence-corrected chi connectivity index (χ0v) is 14.8. The van der Waals surface area contributed by atoms with E-state index in [2.05, 4.69) is 20.1 Å². The van der Waals surface area contributed by atoms with Crippen LogP contribution >= 0.6 is 0 Å². The van der Waals surface area contributed by atoms with Gasteiger partial charge < -0.3 is 14.3 Å². The molecule has 1 aliphatic carbocycles. The van der Waals surface area contributed by atoms with Crippen molar-refractivity contribution >= 4 is 5.91 Å². The monoisotopic (exact) mass is 350 g/mol. The zero-order chi connectivity index (χ0) is 17.9. The number of rotatable bonds is 5. The smallest absolute Gasteiger partial charge is 0.251 e. The molecule has 0 saturated heterocycles. The molecule has 1 aromatic carbocycles. The highest BCUT2D eigenvalue weighted by atomic mass is 16.3. The molecular weight excluding hydrogens is 328 g/mol. The number of nitrogens with zero attached hydrogens (tertiary/aromatic N) is 3. The van der Waals surface area contributed by atoms with Crippen LogP contribution in [0.4, 0.5) is 0 Å². The molecule has 6 heteroatoms. The van der Waals surface area contributed by atoms with Crippen molar-refractivity contribution in [2.45, 2.75) is 44.7 Å². The lowest BCUT2D eigenvalue weighted by Crippen LogP contribution is -2.29. The van der Waals surface area contributed by atoms with Gasteiger partial charge in [-0.3, -0.25) is 4.79 Å². The van der Waals surface area contributed by atoms with Crippen molar-refractivity contribution in [1.29, 1.82) is 0 Å². The minimum absolute atomic E-state index is 0.121. The van der Waals surface area contributed by atoms with Crippen molar-refractivity contribution in [1.82, 2.24) is 20.1 Å². The van der Waals surface area contributed by atoms with Gasteiger partial charge in [-0.1, -0.05) is 25.0 Å². The van der Waals surface area contributed by atoms with Gasteiger partial charge in [0.15, 0.2) is 5.82 Å². The number of carbonyl (C=O) groups excluding carboxylic acids is 1. The third-order valence-corrected chi connectivity index (χ3v) is 5.01. The Balaban J connectivity index is 1.45. The van der Waals surface area contributed by atoms with Crippen molar-refractivity contribution in [3.05, 3.63) is 60.4 Å². The summed E-state index contributed by atoms with van der Waals surface area (Å²) in [5, 5.41) is 11.3. The highest BCUT2D eigenvalue weighted by molar-refractivity contribution is 5.94. The Hall–Kier alpha value is -2.89. The maximum atomic E-state index is 12.6. The second-order valence-electron chi connectivity index (χ2n) is 6.78. The van der Waals surface area contributed by atoms with Crippen LogP contribution in [0.3, 0.4) is 0 Å². The van der Waals surface area contributed by atoms with E-state index in [1.165, 1.54) is 12.8 Å². The molecule has 134 valence electrons. The molecule has 1 atom stereocenters.